The van der Waals surface area contributed by atoms with Crippen molar-refractivity contribution >= 4 is 16.5 Å². The lowest BCUT2D eigenvalue weighted by Gasteiger charge is -1.75. The van der Waals surface area contributed by atoms with E-state index < -0.39 is 0 Å². The van der Waals surface area contributed by atoms with Crippen LogP contribution < -0.4 is 0 Å². The van der Waals surface area contributed by atoms with E-state index >= 15 is 0 Å². The van der Waals surface area contributed by atoms with E-state index in [0.717, 1.165) is 0 Å². The predicted molar refractivity (Wildman–Crippen MR) is 32.2 cm³/mol. The van der Waals surface area contributed by atoms with Crippen LogP contribution >= 0.6 is 9.24 Å². The van der Waals surface area contributed by atoms with Crippen molar-refractivity contribution in [1.29, 1.82) is 0 Å². The molecule has 1 atom stereocenters. The van der Waals surface area contributed by atoms with E-state index in [0.29, 0.717) is 0 Å². The molecule has 0 N–H and O–H groups in total. The van der Waals surface area contributed by atoms with E-state index in [2.05, 4.69) is 16.2 Å². The zero-order chi connectivity index (χ0) is 4.12. The molecule has 0 aliphatic rings. The van der Waals surface area contributed by atoms with Crippen molar-refractivity contribution in [1.82, 2.24) is 0 Å². The maximum absolute atomic E-state index is 2.70. The minimum absolute atomic E-state index is 1.26. The van der Waals surface area contributed by atoms with Gasteiger partial charge in [-0.1, -0.05) is 19.3 Å². The van der Waals surface area contributed by atoms with Gasteiger partial charge < -0.3 is 0 Å². The Labute approximate surface area is 36.8 Å². The Hall–Kier alpha value is 0.495. The number of hydrogen-bond acceptors (Lipinski definition) is 0. The Morgan fingerprint density at radius 1 is 1.80 bits per heavy atom. The summed E-state index contributed by atoms with van der Waals surface area (Å²) < 4.78 is 0. The van der Waals surface area contributed by atoms with E-state index in [9.17, 15) is 0 Å². The Balaban J connectivity index is 2.19. The number of hydrogen-bond donors (Lipinski definition) is 0. The lowest BCUT2D eigenvalue weighted by molar-refractivity contribution is 1.45. The van der Waals surface area contributed by atoms with Gasteiger partial charge in [-0.2, -0.15) is 0 Å². The van der Waals surface area contributed by atoms with E-state index in [1.165, 1.54) is 19.7 Å². The molecule has 2 heteroatoms. The lowest BCUT2D eigenvalue weighted by Crippen LogP contribution is -1.83. The first-order valence-corrected chi connectivity index (χ1v) is 2.93. The summed E-state index contributed by atoms with van der Waals surface area (Å²) in [4.78, 5) is 0. The minimum Gasteiger partial charge on any atom is -0.145 e. The van der Waals surface area contributed by atoms with Crippen LogP contribution in [0, 0.1) is 0 Å². The van der Waals surface area contributed by atoms with Crippen LogP contribution in [0.25, 0.3) is 0 Å². The van der Waals surface area contributed by atoms with Gasteiger partial charge in [0, 0.05) is 0 Å². The summed E-state index contributed by atoms with van der Waals surface area (Å²) in [5, 5.41) is 0. The molecule has 0 amide bonds. The smallest absolute Gasteiger partial charge is 0.124 e. The van der Waals surface area contributed by atoms with Crippen molar-refractivity contribution in [2.24, 2.45) is 0 Å². The van der Waals surface area contributed by atoms with Gasteiger partial charge >= 0.3 is 0 Å². The predicted octanol–water partition coefficient (Wildman–Crippen LogP) is 0.694. The second kappa shape index (κ2) is 4.49. The fourth-order valence-corrected chi connectivity index (χ4v) is 0.612. The molecule has 0 spiro atoms. The molecule has 0 rings (SSSR count). The van der Waals surface area contributed by atoms with Crippen LogP contribution in [0.5, 0.6) is 0 Å². The highest BCUT2D eigenvalue weighted by Gasteiger charge is 1.73. The Bertz CT molecular complexity index is 14.4. The van der Waals surface area contributed by atoms with Crippen LogP contribution in [0.15, 0.2) is 0 Å². The fraction of sp³-hybridized carbons (Fsp3) is 1.00. The molecule has 0 aliphatic carbocycles. The van der Waals surface area contributed by atoms with E-state index in [1.807, 2.05) is 0 Å². The summed E-state index contributed by atoms with van der Waals surface area (Å²) in [5.41, 5.74) is 0. The van der Waals surface area contributed by atoms with E-state index in [4.69, 9.17) is 0 Å². The molecule has 0 aromatic heterocycles. The third-order valence-electron chi connectivity index (χ3n) is 0.558. The van der Waals surface area contributed by atoms with Gasteiger partial charge in [-0.25, -0.2) is 0 Å². The van der Waals surface area contributed by atoms with Crippen LogP contribution in [0.3, 0.4) is 0 Å². The molecule has 0 aromatic rings. The largest absolute Gasteiger partial charge is 0.145 e. The second-order valence-electron chi connectivity index (χ2n) is 1.14. The first-order valence-electron chi connectivity index (χ1n) is 2.12. The maximum Gasteiger partial charge on any atom is 0.124 e. The average molecular weight is 87.9 g/mol. The highest BCUT2D eigenvalue weighted by Crippen LogP contribution is 1.78. The molecule has 0 saturated carbocycles. The van der Waals surface area contributed by atoms with Crippen LogP contribution in [0.2, 0.25) is 6.32 Å². The molecule has 0 nitrogen and oxygen atoms in total. The van der Waals surface area contributed by atoms with Crippen molar-refractivity contribution in [2.45, 2.75) is 13.2 Å². The highest BCUT2D eigenvalue weighted by atomic mass is 31.0. The molecule has 0 saturated heterocycles. The average Bonchev–Trinajstić information content (AvgIpc) is 1.41. The van der Waals surface area contributed by atoms with Crippen molar-refractivity contribution < 1.29 is 0 Å². The molecule has 0 aromatic carbocycles. The monoisotopic (exact) mass is 88.1 g/mol. The molecule has 5 heavy (non-hydrogen) atoms. The first-order chi connectivity index (χ1) is 2.41. The van der Waals surface area contributed by atoms with Gasteiger partial charge in [0.25, 0.3) is 0 Å². The zero-order valence-corrected chi connectivity index (χ0v) is 4.85. The molecule has 0 aliphatic heterocycles. The summed E-state index contributed by atoms with van der Waals surface area (Å²) in [6.07, 6.45) is 1.32. The quantitative estimate of drug-likeness (QED) is 0.344. The molecule has 1 unspecified atom stereocenters. The van der Waals surface area contributed by atoms with Crippen molar-refractivity contribution in [2.75, 3.05) is 6.06 Å². The molecule has 0 fully saturated rings. The molecular formula is C3H10BP. The molecular weight excluding hydrogens is 77.8 g/mol. The zero-order valence-electron chi connectivity index (χ0n) is 3.70. The van der Waals surface area contributed by atoms with Gasteiger partial charge in [-0.3, -0.25) is 0 Å². The third-order valence-corrected chi connectivity index (χ3v) is 0.966. The summed E-state index contributed by atoms with van der Waals surface area (Å²) in [6, 6.07) is 1.26. The first kappa shape index (κ1) is 5.49. The third kappa shape index (κ3) is 4.49. The normalized spacial score (nSPS) is 7.60. The summed E-state index contributed by atoms with van der Waals surface area (Å²) >= 11 is 0. The van der Waals surface area contributed by atoms with Gasteiger partial charge in [0.15, 0.2) is 0 Å². The fourth-order valence-electron chi connectivity index (χ4n) is 0.204. The summed E-state index contributed by atoms with van der Waals surface area (Å²) in [6.45, 7) is 2.20. The summed E-state index contributed by atoms with van der Waals surface area (Å²) in [5.74, 6) is 0. The SMILES string of the molecule is CCBCP. The van der Waals surface area contributed by atoms with Crippen molar-refractivity contribution in [3.63, 3.8) is 0 Å². The molecule has 0 radical (unpaired) electrons. The van der Waals surface area contributed by atoms with E-state index in [1.54, 1.807) is 0 Å². The van der Waals surface area contributed by atoms with Crippen molar-refractivity contribution in [3.8, 4) is 0 Å². The maximum atomic E-state index is 2.70. The number of rotatable bonds is 2. The summed E-state index contributed by atoms with van der Waals surface area (Å²) in [7, 11) is 4.05. The van der Waals surface area contributed by atoms with Crippen LogP contribution in [0.1, 0.15) is 6.92 Å². The topological polar surface area (TPSA) is 0 Å². The van der Waals surface area contributed by atoms with Gasteiger partial charge in [-0.15, -0.1) is 9.24 Å². The lowest BCUT2D eigenvalue weighted by atomic mass is 9.79. The van der Waals surface area contributed by atoms with Gasteiger partial charge in [0.05, 0.1) is 0 Å². The Morgan fingerprint density at radius 3 is 2.40 bits per heavy atom. The molecule has 0 heterocycles. The van der Waals surface area contributed by atoms with Crippen LogP contribution in [-0.2, 0) is 0 Å². The Morgan fingerprint density at radius 2 is 2.40 bits per heavy atom. The van der Waals surface area contributed by atoms with Crippen LogP contribution in [0.4, 0.5) is 0 Å². The molecule has 30 valence electrons. The standard InChI is InChI=1S/C3H10BP/c1-2-4-3-5/h4H,2-3,5H2,1H3. The minimum atomic E-state index is 1.26. The van der Waals surface area contributed by atoms with Gasteiger partial charge in [0.2, 0.25) is 0 Å². The van der Waals surface area contributed by atoms with Gasteiger partial charge in [0.1, 0.15) is 7.28 Å². The molecule has 0 bridgehead atoms. The van der Waals surface area contributed by atoms with Crippen LogP contribution in [-0.4, -0.2) is 13.3 Å². The van der Waals surface area contributed by atoms with Crippen molar-refractivity contribution in [3.05, 3.63) is 0 Å². The van der Waals surface area contributed by atoms with Gasteiger partial charge in [-0.05, 0) is 0 Å². The highest BCUT2D eigenvalue weighted by molar-refractivity contribution is 7.20. The second-order valence-corrected chi connectivity index (χ2v) is 1.72. The van der Waals surface area contributed by atoms with E-state index in [-0.39, 0.29) is 0 Å². The Kier molecular flexibility index (Phi) is 4.94.